The lowest BCUT2D eigenvalue weighted by atomic mass is 9.75. The first-order chi connectivity index (χ1) is 25.4. The highest BCUT2D eigenvalue weighted by atomic mass is 16.5. The van der Waals surface area contributed by atoms with Crippen LogP contribution < -0.4 is 4.74 Å². The van der Waals surface area contributed by atoms with Gasteiger partial charge in [0, 0.05) is 57.8 Å². The third-order valence-corrected chi connectivity index (χ3v) is 11.6. The van der Waals surface area contributed by atoms with Gasteiger partial charge < -0.3 is 9.47 Å². The van der Waals surface area contributed by atoms with E-state index in [1.54, 1.807) is 0 Å². The van der Waals surface area contributed by atoms with Gasteiger partial charge in [0.05, 0.1) is 16.7 Å². The molecule has 2 aliphatic heterocycles. The Kier molecular flexibility index (Phi) is 6.71. The molecule has 0 amide bonds. The Bertz CT molecular complexity index is 2700. The van der Waals surface area contributed by atoms with Crippen molar-refractivity contribution in [3.05, 3.63) is 148 Å². The molecule has 6 heteroatoms. The van der Waals surface area contributed by atoms with Gasteiger partial charge in [-0.15, -0.1) is 0 Å². The van der Waals surface area contributed by atoms with Crippen molar-refractivity contribution in [2.75, 3.05) is 0 Å². The fourth-order valence-corrected chi connectivity index (χ4v) is 8.80. The summed E-state index contributed by atoms with van der Waals surface area (Å²) in [6, 6.07) is 32.4. The van der Waals surface area contributed by atoms with Crippen molar-refractivity contribution in [3.8, 4) is 28.6 Å². The number of benzene rings is 4. The fraction of sp³-hybridized carbons (Fsp3) is 0.255. The molecule has 7 aromatic rings. The molecule has 0 N–H and O–H groups in total. The molecule has 262 valence electrons. The van der Waals surface area contributed by atoms with E-state index in [1.807, 2.05) is 36.7 Å². The summed E-state index contributed by atoms with van der Waals surface area (Å²) in [5.41, 5.74) is 13.7. The average molecular weight is 695 g/mol. The van der Waals surface area contributed by atoms with E-state index in [9.17, 15) is 0 Å². The van der Waals surface area contributed by atoms with E-state index in [1.165, 1.54) is 49.7 Å². The number of aliphatic imine (C=N–C) groups is 1. The molecule has 0 saturated heterocycles. The number of aryl methyl sites for hydroxylation is 2. The molecule has 0 bridgehead atoms. The molecule has 6 nitrogen and oxygen atoms in total. The maximum atomic E-state index is 6.90. The van der Waals surface area contributed by atoms with E-state index in [-0.39, 0.29) is 23.0 Å². The van der Waals surface area contributed by atoms with Crippen molar-refractivity contribution < 1.29 is 9.47 Å². The Morgan fingerprint density at radius 3 is 2.45 bits per heavy atom. The van der Waals surface area contributed by atoms with Crippen molar-refractivity contribution in [2.24, 2.45) is 4.99 Å². The number of aromatic nitrogens is 3. The smallest absolute Gasteiger partial charge is 0.217 e. The second kappa shape index (κ2) is 11.1. The molecule has 10 rings (SSSR count). The van der Waals surface area contributed by atoms with Gasteiger partial charge in [-0.05, 0) is 95.6 Å². The number of fused-ring (bicyclic) bond motifs is 8. The summed E-state index contributed by atoms with van der Waals surface area (Å²) in [6.45, 7) is 15.7. The van der Waals surface area contributed by atoms with Crippen LogP contribution in [-0.2, 0) is 22.0 Å². The largest absolute Gasteiger partial charge is 0.471 e. The zero-order valence-corrected chi connectivity index (χ0v) is 31.3. The van der Waals surface area contributed by atoms with Crippen LogP contribution in [0.4, 0.5) is 0 Å². The maximum absolute atomic E-state index is 6.90. The first kappa shape index (κ1) is 31.9. The van der Waals surface area contributed by atoms with Crippen LogP contribution in [0, 0.1) is 13.8 Å². The highest BCUT2D eigenvalue weighted by Gasteiger charge is 2.41. The van der Waals surface area contributed by atoms with Crippen LogP contribution in [0.15, 0.2) is 108 Å². The number of pyridine rings is 2. The first-order valence-corrected chi connectivity index (χ1v) is 18.6. The third-order valence-electron chi connectivity index (χ3n) is 11.6. The predicted octanol–water partition coefficient (Wildman–Crippen LogP) is 11.0. The van der Waals surface area contributed by atoms with Gasteiger partial charge in [0.15, 0.2) is 0 Å². The number of ether oxygens (including phenoxy) is 2. The average Bonchev–Trinajstić information content (AvgIpc) is 3.80. The maximum Gasteiger partial charge on any atom is 0.217 e. The van der Waals surface area contributed by atoms with Gasteiger partial charge >= 0.3 is 0 Å². The van der Waals surface area contributed by atoms with E-state index < -0.39 is 0 Å². The lowest BCUT2D eigenvalue weighted by Gasteiger charge is -2.34. The lowest BCUT2D eigenvalue weighted by molar-refractivity contribution is 0.206. The van der Waals surface area contributed by atoms with Crippen LogP contribution in [0.5, 0.6) is 11.5 Å². The second-order valence-electron chi connectivity index (χ2n) is 16.6. The van der Waals surface area contributed by atoms with E-state index in [2.05, 4.69) is 120 Å². The van der Waals surface area contributed by atoms with Gasteiger partial charge in [-0.2, -0.15) is 0 Å². The molecular formula is C47H42N4O2. The second-order valence-corrected chi connectivity index (χ2v) is 16.6. The third kappa shape index (κ3) is 4.88. The molecule has 0 saturated carbocycles. The van der Waals surface area contributed by atoms with E-state index in [0.717, 1.165) is 45.9 Å². The van der Waals surface area contributed by atoms with Crippen molar-refractivity contribution in [1.29, 1.82) is 0 Å². The summed E-state index contributed by atoms with van der Waals surface area (Å²) < 4.78 is 15.9. The van der Waals surface area contributed by atoms with E-state index in [0.29, 0.717) is 11.6 Å². The van der Waals surface area contributed by atoms with Crippen LogP contribution in [-0.4, -0.2) is 26.5 Å². The number of nitrogens with zero attached hydrogens (tertiary/aromatic N) is 4. The van der Waals surface area contributed by atoms with Gasteiger partial charge in [-0.1, -0.05) is 76.6 Å². The summed E-state index contributed by atoms with van der Waals surface area (Å²) in [6.07, 6.45) is 4.55. The summed E-state index contributed by atoms with van der Waals surface area (Å²) >= 11 is 0. The Morgan fingerprint density at radius 2 is 1.64 bits per heavy atom. The Labute approximate surface area is 310 Å². The van der Waals surface area contributed by atoms with Crippen molar-refractivity contribution >= 4 is 27.7 Å². The first-order valence-electron chi connectivity index (χ1n) is 18.6. The lowest BCUT2D eigenvalue weighted by Crippen LogP contribution is -2.27. The van der Waals surface area contributed by atoms with Gasteiger partial charge in [0.25, 0.3) is 0 Å². The van der Waals surface area contributed by atoms with Gasteiger partial charge in [-0.25, -0.2) is 9.98 Å². The zero-order chi connectivity index (χ0) is 36.4. The Morgan fingerprint density at radius 1 is 0.811 bits per heavy atom. The van der Waals surface area contributed by atoms with Crippen LogP contribution >= 0.6 is 0 Å². The van der Waals surface area contributed by atoms with Crippen molar-refractivity contribution in [2.45, 2.75) is 77.9 Å². The minimum absolute atomic E-state index is 0.0155. The standard InChI is InChI=1S/C47H42N4O2/c1-26-17-35-34-19-27(2)40(25-39(34)51-43(35)37(18-26)47(6,7)36-11-10-16-49-44(36)51)52-32-22-29(38-12-8-9-15-48-38)20-30(23-32)45-50-42-33-14-13-31(46(3,4)5)21-28(33)24-41(42)53-45/h8-23,25,41-42H,24H2,1-7H3/t41-,42+/m0/s1. The molecule has 0 fully saturated rings. The molecule has 5 heterocycles. The fourth-order valence-electron chi connectivity index (χ4n) is 8.80. The zero-order valence-electron chi connectivity index (χ0n) is 31.3. The van der Waals surface area contributed by atoms with E-state index in [4.69, 9.17) is 24.4 Å². The van der Waals surface area contributed by atoms with Crippen LogP contribution in [0.3, 0.4) is 0 Å². The molecule has 0 radical (unpaired) electrons. The topological polar surface area (TPSA) is 61.5 Å². The quantitative estimate of drug-likeness (QED) is 0.184. The van der Waals surface area contributed by atoms with E-state index >= 15 is 0 Å². The summed E-state index contributed by atoms with van der Waals surface area (Å²) in [4.78, 5) is 14.9. The molecular weight excluding hydrogens is 653 g/mol. The Balaban J connectivity index is 1.09. The number of hydrogen-bond acceptors (Lipinski definition) is 5. The Hall–Kier alpha value is -5.75. The van der Waals surface area contributed by atoms with Gasteiger partial charge in [0.2, 0.25) is 5.90 Å². The molecule has 0 unspecified atom stereocenters. The molecule has 1 aliphatic carbocycles. The van der Waals surface area contributed by atoms with Crippen LogP contribution in [0.2, 0.25) is 0 Å². The summed E-state index contributed by atoms with van der Waals surface area (Å²) in [5, 5.41) is 2.44. The van der Waals surface area contributed by atoms with Crippen LogP contribution in [0.25, 0.3) is 38.9 Å². The monoisotopic (exact) mass is 694 g/mol. The minimum atomic E-state index is -0.185. The highest BCUT2D eigenvalue weighted by Crippen LogP contribution is 2.49. The number of rotatable bonds is 4. The van der Waals surface area contributed by atoms with Gasteiger partial charge in [0.1, 0.15) is 29.5 Å². The normalized spacial score (nSPS) is 18.1. The molecule has 3 aromatic heterocycles. The highest BCUT2D eigenvalue weighted by molar-refractivity contribution is 6.12. The molecule has 2 atom stereocenters. The van der Waals surface area contributed by atoms with Gasteiger partial charge in [-0.3, -0.25) is 9.55 Å². The van der Waals surface area contributed by atoms with Crippen molar-refractivity contribution in [1.82, 2.24) is 14.5 Å². The summed E-state index contributed by atoms with van der Waals surface area (Å²) in [5.74, 6) is 3.11. The molecule has 3 aliphatic rings. The molecule has 0 spiro atoms. The minimum Gasteiger partial charge on any atom is -0.471 e. The SMILES string of the molecule is Cc1cc2c3c(c1)c1cc(C)c(Oc4cc(C5=N[C@@H]6c7ccc(C(C)(C)C)cc7C[C@@H]6O5)cc(-c5ccccn5)c4)cc1n3-c1ncccc1C2(C)C. The number of hydrogen-bond donors (Lipinski definition) is 0. The van der Waals surface area contributed by atoms with Crippen molar-refractivity contribution in [3.63, 3.8) is 0 Å². The summed E-state index contributed by atoms with van der Waals surface area (Å²) in [7, 11) is 0. The molecule has 4 aromatic carbocycles. The predicted molar refractivity (Wildman–Crippen MR) is 213 cm³/mol. The molecule has 53 heavy (non-hydrogen) atoms. The van der Waals surface area contributed by atoms with Crippen LogP contribution in [0.1, 0.15) is 85.2 Å².